The van der Waals surface area contributed by atoms with Gasteiger partial charge in [0, 0.05) is 17.9 Å². The molecule has 0 saturated carbocycles. The van der Waals surface area contributed by atoms with Crippen LogP contribution in [0.1, 0.15) is 27.9 Å². The van der Waals surface area contributed by atoms with E-state index in [9.17, 15) is 4.79 Å². The van der Waals surface area contributed by atoms with Crippen molar-refractivity contribution in [2.24, 2.45) is 0 Å². The third-order valence-corrected chi connectivity index (χ3v) is 3.26. The number of aryl methyl sites for hydroxylation is 1. The van der Waals surface area contributed by atoms with Crippen molar-refractivity contribution in [1.29, 1.82) is 0 Å². The van der Waals surface area contributed by atoms with Crippen molar-refractivity contribution in [3.63, 3.8) is 0 Å². The minimum absolute atomic E-state index is 0.0760. The zero-order valence-electron chi connectivity index (χ0n) is 11.4. The highest BCUT2D eigenvalue weighted by Crippen LogP contribution is 2.19. The number of carbonyl (C=O) groups is 1. The molecule has 0 heterocycles. The number of rotatable bonds is 6. The Bertz CT molecular complexity index is 579. The van der Waals surface area contributed by atoms with Crippen LogP contribution in [0.2, 0.25) is 0 Å². The van der Waals surface area contributed by atoms with Gasteiger partial charge in [-0.25, -0.2) is 0 Å². The van der Waals surface area contributed by atoms with Gasteiger partial charge in [0.15, 0.2) is 5.78 Å². The zero-order valence-corrected chi connectivity index (χ0v) is 12.2. The van der Waals surface area contributed by atoms with Crippen LogP contribution >= 0.6 is 11.6 Å². The number of hydrogen-bond acceptors (Lipinski definition) is 2. The van der Waals surface area contributed by atoms with Gasteiger partial charge in [0.25, 0.3) is 0 Å². The first-order valence-electron chi connectivity index (χ1n) is 6.57. The second-order valence-electron chi connectivity index (χ2n) is 4.61. The van der Waals surface area contributed by atoms with Gasteiger partial charge < -0.3 is 4.74 Å². The third-order valence-electron chi connectivity index (χ3n) is 3.07. The molecule has 2 aromatic rings. The number of hydrogen-bond donors (Lipinski definition) is 0. The van der Waals surface area contributed by atoms with Crippen LogP contribution in [0, 0.1) is 6.92 Å². The van der Waals surface area contributed by atoms with E-state index in [1.54, 1.807) is 0 Å². The van der Waals surface area contributed by atoms with Gasteiger partial charge in [0.1, 0.15) is 12.4 Å². The smallest absolute Gasteiger partial charge is 0.164 e. The molecule has 2 rings (SSSR count). The van der Waals surface area contributed by atoms with E-state index < -0.39 is 0 Å². The molecule has 2 nitrogen and oxygen atoms in total. The summed E-state index contributed by atoms with van der Waals surface area (Å²) < 4.78 is 5.73. The fourth-order valence-electron chi connectivity index (χ4n) is 2.00. The molecule has 0 amide bonds. The molecular weight excluding hydrogens is 272 g/mol. The summed E-state index contributed by atoms with van der Waals surface area (Å²) in [5.41, 5.74) is 2.76. The summed E-state index contributed by atoms with van der Waals surface area (Å²) in [6, 6.07) is 15.5. The summed E-state index contributed by atoms with van der Waals surface area (Å²) in [5, 5.41) is 0. The molecule has 2 aromatic carbocycles. The van der Waals surface area contributed by atoms with Crippen LogP contribution in [-0.2, 0) is 6.61 Å². The lowest BCUT2D eigenvalue weighted by atomic mass is 10.0. The minimum atomic E-state index is 0.0760. The van der Waals surface area contributed by atoms with E-state index in [0.29, 0.717) is 18.9 Å². The number of ether oxygens (including phenoxy) is 1. The predicted octanol–water partition coefficient (Wildman–Crippen LogP) is 4.39. The highest BCUT2D eigenvalue weighted by atomic mass is 35.5. The minimum Gasteiger partial charge on any atom is -0.489 e. The Morgan fingerprint density at radius 1 is 1.15 bits per heavy atom. The standard InChI is InChI=1S/C17H17ClO2/c1-13-11-15(7-8-16(13)17(19)9-10-18)20-12-14-5-3-2-4-6-14/h2-8,11H,9-10,12H2,1H3. The molecule has 0 atom stereocenters. The lowest BCUT2D eigenvalue weighted by Crippen LogP contribution is -2.03. The van der Waals surface area contributed by atoms with Gasteiger partial charge in [-0.2, -0.15) is 0 Å². The van der Waals surface area contributed by atoms with Crippen molar-refractivity contribution in [2.75, 3.05) is 5.88 Å². The number of carbonyl (C=O) groups excluding carboxylic acids is 1. The monoisotopic (exact) mass is 288 g/mol. The molecule has 0 spiro atoms. The van der Waals surface area contributed by atoms with Crippen LogP contribution in [0.5, 0.6) is 5.75 Å². The van der Waals surface area contributed by atoms with E-state index >= 15 is 0 Å². The van der Waals surface area contributed by atoms with Crippen LogP contribution in [0.3, 0.4) is 0 Å². The van der Waals surface area contributed by atoms with Crippen molar-refractivity contribution in [2.45, 2.75) is 20.0 Å². The molecule has 0 aliphatic carbocycles. The van der Waals surface area contributed by atoms with Gasteiger partial charge >= 0.3 is 0 Å². The maximum atomic E-state index is 11.8. The van der Waals surface area contributed by atoms with E-state index in [4.69, 9.17) is 16.3 Å². The molecule has 3 heteroatoms. The molecule has 0 aliphatic heterocycles. The molecule has 0 unspecified atom stereocenters. The van der Waals surface area contributed by atoms with E-state index in [0.717, 1.165) is 22.4 Å². The molecule has 0 fully saturated rings. The quantitative estimate of drug-likeness (QED) is 0.582. The van der Waals surface area contributed by atoms with Crippen LogP contribution in [-0.4, -0.2) is 11.7 Å². The van der Waals surface area contributed by atoms with Crippen molar-refractivity contribution in [3.05, 3.63) is 65.2 Å². The number of Topliss-reactive ketones (excluding diaryl/α,β-unsaturated/α-hetero) is 1. The zero-order chi connectivity index (χ0) is 14.4. The van der Waals surface area contributed by atoms with Gasteiger partial charge in [-0.05, 0) is 36.2 Å². The summed E-state index contributed by atoms with van der Waals surface area (Å²) in [5.74, 6) is 1.20. The predicted molar refractivity (Wildman–Crippen MR) is 81.6 cm³/mol. The van der Waals surface area contributed by atoms with E-state index in [2.05, 4.69) is 0 Å². The van der Waals surface area contributed by atoms with Crippen molar-refractivity contribution in [1.82, 2.24) is 0 Å². The fourth-order valence-corrected chi connectivity index (χ4v) is 2.17. The first kappa shape index (κ1) is 14.6. The Morgan fingerprint density at radius 2 is 1.90 bits per heavy atom. The summed E-state index contributed by atoms with van der Waals surface area (Å²) in [6.07, 6.45) is 0.368. The second-order valence-corrected chi connectivity index (χ2v) is 4.99. The first-order valence-corrected chi connectivity index (χ1v) is 7.10. The van der Waals surface area contributed by atoms with Crippen molar-refractivity contribution in [3.8, 4) is 5.75 Å². The largest absolute Gasteiger partial charge is 0.489 e. The molecule has 0 bridgehead atoms. The number of alkyl halides is 1. The molecule has 104 valence electrons. The number of ketones is 1. The average Bonchev–Trinajstić information content (AvgIpc) is 2.46. The molecule has 0 N–H and O–H groups in total. The highest BCUT2D eigenvalue weighted by Gasteiger charge is 2.09. The van der Waals surface area contributed by atoms with Crippen LogP contribution < -0.4 is 4.74 Å². The lowest BCUT2D eigenvalue weighted by Gasteiger charge is -2.09. The molecule has 0 aliphatic rings. The highest BCUT2D eigenvalue weighted by molar-refractivity contribution is 6.19. The number of halogens is 1. The van der Waals surface area contributed by atoms with Gasteiger partial charge in [0.05, 0.1) is 0 Å². The van der Waals surface area contributed by atoms with Crippen molar-refractivity contribution >= 4 is 17.4 Å². The second kappa shape index (κ2) is 7.11. The molecular formula is C17H17ClO2. The third kappa shape index (κ3) is 3.84. The van der Waals surface area contributed by atoms with Gasteiger partial charge in [0.2, 0.25) is 0 Å². The first-order chi connectivity index (χ1) is 9.70. The Balaban J connectivity index is 2.04. The van der Waals surface area contributed by atoms with E-state index in [-0.39, 0.29) is 5.78 Å². The summed E-state index contributed by atoms with van der Waals surface area (Å²) in [4.78, 5) is 11.8. The SMILES string of the molecule is Cc1cc(OCc2ccccc2)ccc1C(=O)CCCl. The van der Waals surface area contributed by atoms with Gasteiger partial charge in [-0.3, -0.25) is 4.79 Å². The Kier molecular flexibility index (Phi) is 5.19. The number of benzene rings is 2. The average molecular weight is 289 g/mol. The Labute approximate surface area is 124 Å². The molecule has 0 saturated heterocycles. The Hall–Kier alpha value is -1.80. The fraction of sp³-hybridized carbons (Fsp3) is 0.235. The molecule has 20 heavy (non-hydrogen) atoms. The summed E-state index contributed by atoms with van der Waals surface area (Å²) in [6.45, 7) is 2.44. The maximum absolute atomic E-state index is 11.8. The van der Waals surface area contributed by atoms with Gasteiger partial charge in [-0.1, -0.05) is 30.3 Å². The van der Waals surface area contributed by atoms with E-state index in [1.165, 1.54) is 0 Å². The topological polar surface area (TPSA) is 26.3 Å². The van der Waals surface area contributed by atoms with Crippen LogP contribution in [0.4, 0.5) is 0 Å². The lowest BCUT2D eigenvalue weighted by molar-refractivity contribution is 0.0988. The maximum Gasteiger partial charge on any atom is 0.164 e. The normalized spacial score (nSPS) is 10.3. The van der Waals surface area contributed by atoms with Crippen molar-refractivity contribution < 1.29 is 9.53 Å². The van der Waals surface area contributed by atoms with E-state index in [1.807, 2.05) is 55.5 Å². The molecule has 0 aromatic heterocycles. The molecule has 0 radical (unpaired) electrons. The summed E-state index contributed by atoms with van der Waals surface area (Å²) in [7, 11) is 0. The Morgan fingerprint density at radius 3 is 2.55 bits per heavy atom. The van der Waals surface area contributed by atoms with Gasteiger partial charge in [-0.15, -0.1) is 11.6 Å². The summed E-state index contributed by atoms with van der Waals surface area (Å²) >= 11 is 5.60. The van der Waals surface area contributed by atoms with Crippen LogP contribution in [0.15, 0.2) is 48.5 Å². The van der Waals surface area contributed by atoms with Crippen LogP contribution in [0.25, 0.3) is 0 Å².